The number of carbonyl (C=O) groups is 1. The molecule has 4 nitrogen and oxygen atoms in total. The van der Waals surface area contributed by atoms with Crippen molar-refractivity contribution >= 4 is 28.0 Å². The lowest BCUT2D eigenvalue weighted by molar-refractivity contribution is 0.0692. The summed E-state index contributed by atoms with van der Waals surface area (Å²) in [5, 5.41) is 6.38. The van der Waals surface area contributed by atoms with Crippen molar-refractivity contribution in [1.29, 1.82) is 0 Å². The van der Waals surface area contributed by atoms with Gasteiger partial charge < -0.3 is 9.88 Å². The maximum absolute atomic E-state index is 13.4. The number of rotatable bonds is 4. The summed E-state index contributed by atoms with van der Waals surface area (Å²) in [6, 6.07) is 17.9. The molecule has 0 unspecified atom stereocenters. The second kappa shape index (κ2) is 8.52. The SMILES string of the molecule is O=C(c1cccc2c(-c3ccsc3)cccc12)N1CCC(Cc2ccc(=O)[nH]c2)CC1. The Labute approximate surface area is 185 Å². The van der Waals surface area contributed by atoms with Crippen LogP contribution < -0.4 is 5.56 Å². The highest BCUT2D eigenvalue weighted by Gasteiger charge is 2.25. The molecule has 3 heterocycles. The van der Waals surface area contributed by atoms with Crippen LogP contribution >= 0.6 is 11.3 Å². The van der Waals surface area contributed by atoms with Crippen molar-refractivity contribution in [2.24, 2.45) is 5.92 Å². The van der Waals surface area contributed by atoms with E-state index in [0.29, 0.717) is 5.92 Å². The van der Waals surface area contributed by atoms with Crippen LogP contribution in [0, 0.1) is 5.92 Å². The third kappa shape index (κ3) is 4.06. The Morgan fingerprint density at radius 3 is 2.55 bits per heavy atom. The van der Waals surface area contributed by atoms with E-state index in [1.165, 1.54) is 11.1 Å². The number of likely N-dealkylation sites (tertiary alicyclic amines) is 1. The maximum atomic E-state index is 13.4. The van der Waals surface area contributed by atoms with E-state index in [1.807, 2.05) is 29.2 Å². The highest BCUT2D eigenvalue weighted by Crippen LogP contribution is 2.32. The molecule has 0 aliphatic carbocycles. The molecular weight excluding hydrogens is 404 g/mol. The van der Waals surface area contributed by atoms with Crippen molar-refractivity contribution in [3.8, 4) is 11.1 Å². The minimum absolute atomic E-state index is 0.0681. The third-order valence-corrected chi connectivity index (χ3v) is 6.94. The van der Waals surface area contributed by atoms with Gasteiger partial charge in [0.15, 0.2) is 0 Å². The van der Waals surface area contributed by atoms with Gasteiger partial charge in [-0.05, 0) is 75.5 Å². The lowest BCUT2D eigenvalue weighted by Gasteiger charge is -2.32. The fraction of sp³-hybridized carbons (Fsp3) is 0.231. The molecule has 4 aromatic rings. The first kappa shape index (κ1) is 19.8. The first-order valence-corrected chi connectivity index (χ1v) is 11.6. The summed E-state index contributed by atoms with van der Waals surface area (Å²) in [5.41, 5.74) is 4.24. The number of thiophene rings is 1. The van der Waals surface area contributed by atoms with Crippen LogP contribution in [-0.2, 0) is 6.42 Å². The summed E-state index contributed by atoms with van der Waals surface area (Å²) < 4.78 is 0. The quantitative estimate of drug-likeness (QED) is 0.476. The van der Waals surface area contributed by atoms with Crippen molar-refractivity contribution in [3.05, 3.63) is 93.0 Å². The summed E-state index contributed by atoms with van der Waals surface area (Å²) >= 11 is 1.68. The summed E-state index contributed by atoms with van der Waals surface area (Å²) in [4.78, 5) is 29.4. The summed E-state index contributed by atoms with van der Waals surface area (Å²) in [7, 11) is 0. The van der Waals surface area contributed by atoms with Crippen LogP contribution in [-0.4, -0.2) is 28.9 Å². The fourth-order valence-electron chi connectivity index (χ4n) is 4.58. The molecule has 2 aromatic heterocycles. The van der Waals surface area contributed by atoms with Crippen LogP contribution in [0.5, 0.6) is 0 Å². The van der Waals surface area contributed by atoms with Gasteiger partial charge in [0.1, 0.15) is 0 Å². The number of hydrogen-bond donors (Lipinski definition) is 1. The Morgan fingerprint density at radius 1 is 1.00 bits per heavy atom. The molecule has 156 valence electrons. The number of aromatic amines is 1. The van der Waals surface area contributed by atoms with Gasteiger partial charge in [0.25, 0.3) is 5.91 Å². The predicted octanol–water partition coefficient (Wildman–Crippen LogP) is 5.35. The van der Waals surface area contributed by atoms with Crippen molar-refractivity contribution in [2.75, 3.05) is 13.1 Å². The normalized spacial score (nSPS) is 14.8. The van der Waals surface area contributed by atoms with Crippen LogP contribution in [0.2, 0.25) is 0 Å². The predicted molar refractivity (Wildman–Crippen MR) is 127 cm³/mol. The summed E-state index contributed by atoms with van der Waals surface area (Å²) in [6.07, 6.45) is 4.71. The zero-order valence-electron chi connectivity index (χ0n) is 17.2. The summed E-state index contributed by atoms with van der Waals surface area (Å²) in [6.45, 7) is 1.54. The van der Waals surface area contributed by atoms with E-state index in [1.54, 1.807) is 23.6 Å². The second-order valence-corrected chi connectivity index (χ2v) is 9.00. The van der Waals surface area contributed by atoms with Crippen molar-refractivity contribution < 1.29 is 4.79 Å². The Bertz CT molecular complexity index is 1250. The monoisotopic (exact) mass is 428 g/mol. The molecule has 0 atom stereocenters. The Morgan fingerprint density at radius 2 is 1.81 bits per heavy atom. The molecule has 0 spiro atoms. The average Bonchev–Trinajstić information content (AvgIpc) is 3.35. The van der Waals surface area contributed by atoms with E-state index in [2.05, 4.69) is 40.0 Å². The zero-order chi connectivity index (χ0) is 21.2. The molecule has 0 bridgehead atoms. The van der Waals surface area contributed by atoms with E-state index in [0.717, 1.165) is 54.3 Å². The molecule has 0 radical (unpaired) electrons. The molecule has 1 N–H and O–H groups in total. The Kier molecular flexibility index (Phi) is 5.43. The van der Waals surface area contributed by atoms with E-state index in [-0.39, 0.29) is 11.5 Å². The summed E-state index contributed by atoms with van der Waals surface area (Å²) in [5.74, 6) is 0.656. The number of benzene rings is 2. The number of fused-ring (bicyclic) bond motifs is 1. The van der Waals surface area contributed by atoms with Gasteiger partial charge >= 0.3 is 0 Å². The minimum atomic E-state index is -0.0681. The van der Waals surface area contributed by atoms with Crippen LogP contribution in [0.4, 0.5) is 0 Å². The highest BCUT2D eigenvalue weighted by molar-refractivity contribution is 7.08. The molecule has 1 amide bonds. The van der Waals surface area contributed by atoms with E-state index >= 15 is 0 Å². The lowest BCUT2D eigenvalue weighted by atomic mass is 9.90. The number of piperidine rings is 1. The minimum Gasteiger partial charge on any atom is -0.339 e. The standard InChI is InChI=1S/C26H24N2O2S/c29-25-8-7-19(16-27-25)15-18-9-12-28(13-10-18)26(30)24-6-2-4-22-21(3-1-5-23(22)24)20-11-14-31-17-20/h1-8,11,14,16-18H,9-10,12-13,15H2,(H,27,29). The van der Waals surface area contributed by atoms with Crippen molar-refractivity contribution in [3.63, 3.8) is 0 Å². The number of nitrogens with zero attached hydrogens (tertiary/aromatic N) is 1. The molecule has 1 aliphatic heterocycles. The van der Waals surface area contributed by atoms with Gasteiger partial charge in [-0.25, -0.2) is 0 Å². The highest BCUT2D eigenvalue weighted by atomic mass is 32.1. The van der Waals surface area contributed by atoms with Gasteiger partial charge in [-0.15, -0.1) is 0 Å². The van der Waals surface area contributed by atoms with E-state index in [4.69, 9.17) is 0 Å². The molecule has 2 aromatic carbocycles. The second-order valence-electron chi connectivity index (χ2n) is 8.22. The van der Waals surface area contributed by atoms with Crippen LogP contribution in [0.15, 0.2) is 76.3 Å². The van der Waals surface area contributed by atoms with Gasteiger partial charge in [-0.2, -0.15) is 11.3 Å². The van der Waals surface area contributed by atoms with E-state index < -0.39 is 0 Å². The number of carbonyl (C=O) groups excluding carboxylic acids is 1. The van der Waals surface area contributed by atoms with Gasteiger partial charge in [0.05, 0.1) is 0 Å². The molecule has 0 saturated carbocycles. The molecule has 31 heavy (non-hydrogen) atoms. The van der Waals surface area contributed by atoms with Crippen LogP contribution in [0.1, 0.15) is 28.8 Å². The Balaban J connectivity index is 1.33. The molecule has 5 heteroatoms. The maximum Gasteiger partial charge on any atom is 0.254 e. The number of amides is 1. The molecule has 1 aliphatic rings. The van der Waals surface area contributed by atoms with Crippen LogP contribution in [0.25, 0.3) is 21.9 Å². The lowest BCUT2D eigenvalue weighted by Crippen LogP contribution is -2.39. The fourth-order valence-corrected chi connectivity index (χ4v) is 5.24. The Hall–Kier alpha value is -3.18. The topological polar surface area (TPSA) is 53.2 Å². The average molecular weight is 429 g/mol. The first-order valence-electron chi connectivity index (χ1n) is 10.7. The zero-order valence-corrected chi connectivity index (χ0v) is 18.0. The number of pyridine rings is 1. The van der Waals surface area contributed by atoms with Gasteiger partial charge in [-0.3, -0.25) is 9.59 Å². The van der Waals surface area contributed by atoms with Crippen molar-refractivity contribution in [2.45, 2.75) is 19.3 Å². The third-order valence-electron chi connectivity index (χ3n) is 6.26. The molecule has 1 fully saturated rings. The molecule has 5 rings (SSSR count). The van der Waals surface area contributed by atoms with E-state index in [9.17, 15) is 9.59 Å². The van der Waals surface area contributed by atoms with Crippen LogP contribution in [0.3, 0.4) is 0 Å². The van der Waals surface area contributed by atoms with Gasteiger partial charge in [0.2, 0.25) is 5.56 Å². The van der Waals surface area contributed by atoms with Gasteiger partial charge in [0, 0.05) is 30.9 Å². The molecular formula is C26H24N2O2S. The van der Waals surface area contributed by atoms with Gasteiger partial charge in [-0.1, -0.05) is 36.4 Å². The molecule has 1 saturated heterocycles. The van der Waals surface area contributed by atoms with Crippen molar-refractivity contribution in [1.82, 2.24) is 9.88 Å². The first-order chi connectivity index (χ1) is 15.2. The smallest absolute Gasteiger partial charge is 0.254 e. The number of nitrogens with one attached hydrogen (secondary N) is 1. The number of hydrogen-bond acceptors (Lipinski definition) is 3. The number of aromatic nitrogens is 1. The number of H-pyrrole nitrogens is 1. The largest absolute Gasteiger partial charge is 0.339 e.